The molecular weight excluding hydrogens is 204 g/mol. The summed E-state index contributed by atoms with van der Waals surface area (Å²) in [5.74, 6) is 0.803. The van der Waals surface area contributed by atoms with Crippen LogP contribution >= 0.6 is 0 Å². The van der Waals surface area contributed by atoms with Crippen LogP contribution in [0.15, 0.2) is 0 Å². The molecule has 1 aliphatic rings. The third-order valence-corrected chi connectivity index (χ3v) is 3.34. The molecule has 1 unspecified atom stereocenters. The lowest BCUT2D eigenvalue weighted by Gasteiger charge is -2.27. The first-order chi connectivity index (χ1) is 7.76. The van der Waals surface area contributed by atoms with Crippen LogP contribution in [-0.2, 0) is 9.47 Å². The summed E-state index contributed by atoms with van der Waals surface area (Å²) in [5.41, 5.74) is 5.59. The highest BCUT2D eigenvalue weighted by Crippen LogP contribution is 2.15. The summed E-state index contributed by atoms with van der Waals surface area (Å²) in [6, 6.07) is 0. The third kappa shape index (κ3) is 5.25. The van der Waals surface area contributed by atoms with Gasteiger partial charge in [-0.2, -0.15) is 0 Å². The minimum atomic E-state index is 0.206. The van der Waals surface area contributed by atoms with Crippen LogP contribution in [0.5, 0.6) is 0 Å². The normalized spacial score (nSPS) is 20.2. The lowest BCUT2D eigenvalue weighted by molar-refractivity contribution is 0.0511. The Labute approximate surface area is 99.1 Å². The number of rotatable bonds is 7. The minimum Gasteiger partial charge on any atom is -0.381 e. The van der Waals surface area contributed by atoms with Crippen LogP contribution in [0.1, 0.15) is 19.3 Å². The van der Waals surface area contributed by atoms with Crippen molar-refractivity contribution in [2.75, 3.05) is 47.0 Å². The lowest BCUT2D eigenvalue weighted by atomic mass is 10.00. The van der Waals surface area contributed by atoms with Gasteiger partial charge >= 0.3 is 0 Å². The number of ether oxygens (including phenoxy) is 2. The van der Waals surface area contributed by atoms with Crippen molar-refractivity contribution < 1.29 is 9.47 Å². The van der Waals surface area contributed by atoms with E-state index in [1.807, 2.05) is 0 Å². The Morgan fingerprint density at radius 1 is 1.44 bits per heavy atom. The molecule has 0 bridgehead atoms. The zero-order valence-electron chi connectivity index (χ0n) is 10.7. The fourth-order valence-corrected chi connectivity index (χ4v) is 2.16. The SMILES string of the molecule is COC(CN)CCN(C)CC1CCOCC1. The van der Waals surface area contributed by atoms with Gasteiger partial charge in [0.05, 0.1) is 6.10 Å². The predicted octanol–water partition coefficient (Wildman–Crippen LogP) is 0.709. The molecule has 0 saturated carbocycles. The van der Waals surface area contributed by atoms with E-state index >= 15 is 0 Å². The highest BCUT2D eigenvalue weighted by atomic mass is 16.5. The molecule has 0 aromatic carbocycles. The Balaban J connectivity index is 2.11. The summed E-state index contributed by atoms with van der Waals surface area (Å²) < 4.78 is 10.6. The summed E-state index contributed by atoms with van der Waals surface area (Å²) in [5, 5.41) is 0. The van der Waals surface area contributed by atoms with Gasteiger partial charge in [0.1, 0.15) is 0 Å². The number of methoxy groups -OCH3 is 1. The fraction of sp³-hybridized carbons (Fsp3) is 1.00. The van der Waals surface area contributed by atoms with E-state index in [2.05, 4.69) is 11.9 Å². The molecule has 1 atom stereocenters. The van der Waals surface area contributed by atoms with Crippen LogP contribution in [0.2, 0.25) is 0 Å². The Morgan fingerprint density at radius 3 is 2.69 bits per heavy atom. The van der Waals surface area contributed by atoms with Crippen LogP contribution < -0.4 is 5.73 Å². The smallest absolute Gasteiger partial charge is 0.0705 e. The number of hydrogen-bond acceptors (Lipinski definition) is 4. The minimum absolute atomic E-state index is 0.206. The van der Waals surface area contributed by atoms with Crippen LogP contribution in [0.3, 0.4) is 0 Å². The largest absolute Gasteiger partial charge is 0.381 e. The molecule has 16 heavy (non-hydrogen) atoms. The van der Waals surface area contributed by atoms with Crippen molar-refractivity contribution >= 4 is 0 Å². The topological polar surface area (TPSA) is 47.7 Å². The second-order valence-electron chi connectivity index (χ2n) is 4.70. The van der Waals surface area contributed by atoms with Crippen molar-refractivity contribution in [2.45, 2.75) is 25.4 Å². The van der Waals surface area contributed by atoms with Gasteiger partial charge in [0, 0.05) is 40.0 Å². The van der Waals surface area contributed by atoms with E-state index in [1.54, 1.807) is 7.11 Å². The first kappa shape index (κ1) is 13.9. The zero-order valence-corrected chi connectivity index (χ0v) is 10.7. The first-order valence-electron chi connectivity index (χ1n) is 6.25. The van der Waals surface area contributed by atoms with Crippen molar-refractivity contribution in [3.05, 3.63) is 0 Å². The first-order valence-corrected chi connectivity index (χ1v) is 6.25. The van der Waals surface area contributed by atoms with Gasteiger partial charge in [0.15, 0.2) is 0 Å². The Hall–Kier alpha value is -0.160. The molecule has 1 aliphatic heterocycles. The summed E-state index contributed by atoms with van der Waals surface area (Å²) >= 11 is 0. The molecule has 0 aliphatic carbocycles. The molecule has 1 saturated heterocycles. The van der Waals surface area contributed by atoms with Gasteiger partial charge in [-0.1, -0.05) is 0 Å². The van der Waals surface area contributed by atoms with E-state index in [0.717, 1.165) is 32.1 Å². The van der Waals surface area contributed by atoms with E-state index in [-0.39, 0.29) is 6.10 Å². The zero-order chi connectivity index (χ0) is 11.8. The van der Waals surface area contributed by atoms with Crippen molar-refractivity contribution in [3.8, 4) is 0 Å². The van der Waals surface area contributed by atoms with E-state index in [4.69, 9.17) is 15.2 Å². The molecule has 1 rings (SSSR count). The molecular formula is C12H26N2O2. The van der Waals surface area contributed by atoms with Crippen LogP contribution in [0.4, 0.5) is 0 Å². The van der Waals surface area contributed by atoms with Gasteiger partial charge in [-0.25, -0.2) is 0 Å². The molecule has 1 heterocycles. The Bertz CT molecular complexity index is 168. The predicted molar refractivity (Wildman–Crippen MR) is 65.5 cm³/mol. The second kappa shape index (κ2) is 8.01. The monoisotopic (exact) mass is 230 g/mol. The summed E-state index contributed by atoms with van der Waals surface area (Å²) in [6.07, 6.45) is 3.63. The van der Waals surface area contributed by atoms with Crippen molar-refractivity contribution in [2.24, 2.45) is 11.7 Å². The van der Waals surface area contributed by atoms with Gasteiger partial charge in [-0.05, 0) is 32.2 Å². The highest BCUT2D eigenvalue weighted by molar-refractivity contribution is 4.68. The summed E-state index contributed by atoms with van der Waals surface area (Å²) in [7, 11) is 3.91. The maximum absolute atomic E-state index is 5.59. The molecule has 0 spiro atoms. The second-order valence-corrected chi connectivity index (χ2v) is 4.70. The number of nitrogens with zero attached hydrogens (tertiary/aromatic N) is 1. The van der Waals surface area contributed by atoms with Crippen molar-refractivity contribution in [1.29, 1.82) is 0 Å². The maximum Gasteiger partial charge on any atom is 0.0705 e. The lowest BCUT2D eigenvalue weighted by Crippen LogP contribution is -2.33. The van der Waals surface area contributed by atoms with E-state index in [9.17, 15) is 0 Å². The fourth-order valence-electron chi connectivity index (χ4n) is 2.16. The standard InChI is InChI=1S/C12H26N2O2/c1-14(6-3-12(9-13)15-2)10-11-4-7-16-8-5-11/h11-12H,3-10,13H2,1-2H3. The summed E-state index contributed by atoms with van der Waals surface area (Å²) in [6.45, 7) is 4.71. The molecule has 0 aromatic heterocycles. The van der Waals surface area contributed by atoms with E-state index in [0.29, 0.717) is 6.54 Å². The van der Waals surface area contributed by atoms with Crippen LogP contribution in [0, 0.1) is 5.92 Å². The van der Waals surface area contributed by atoms with E-state index < -0.39 is 0 Å². The van der Waals surface area contributed by atoms with E-state index in [1.165, 1.54) is 19.4 Å². The summed E-state index contributed by atoms with van der Waals surface area (Å²) in [4.78, 5) is 2.39. The maximum atomic E-state index is 5.59. The van der Waals surface area contributed by atoms with Gasteiger partial charge in [-0.3, -0.25) is 0 Å². The molecule has 0 amide bonds. The van der Waals surface area contributed by atoms with Crippen molar-refractivity contribution in [3.63, 3.8) is 0 Å². The third-order valence-electron chi connectivity index (χ3n) is 3.34. The highest BCUT2D eigenvalue weighted by Gasteiger charge is 2.16. The van der Waals surface area contributed by atoms with Gasteiger partial charge in [0.25, 0.3) is 0 Å². The van der Waals surface area contributed by atoms with Gasteiger partial charge in [0.2, 0.25) is 0 Å². The average molecular weight is 230 g/mol. The van der Waals surface area contributed by atoms with Gasteiger partial charge in [-0.15, -0.1) is 0 Å². The molecule has 96 valence electrons. The molecule has 4 nitrogen and oxygen atoms in total. The molecule has 1 fully saturated rings. The van der Waals surface area contributed by atoms with Crippen LogP contribution in [-0.4, -0.2) is 58.0 Å². The molecule has 4 heteroatoms. The number of nitrogens with two attached hydrogens (primary N) is 1. The number of hydrogen-bond donors (Lipinski definition) is 1. The Kier molecular flexibility index (Phi) is 6.96. The quantitative estimate of drug-likeness (QED) is 0.700. The van der Waals surface area contributed by atoms with Gasteiger partial charge < -0.3 is 20.1 Å². The molecule has 2 N–H and O–H groups in total. The van der Waals surface area contributed by atoms with Crippen molar-refractivity contribution in [1.82, 2.24) is 4.90 Å². The molecule has 0 radical (unpaired) electrons. The van der Waals surface area contributed by atoms with Crippen LogP contribution in [0.25, 0.3) is 0 Å². The Morgan fingerprint density at radius 2 is 2.12 bits per heavy atom. The molecule has 0 aromatic rings. The average Bonchev–Trinajstić information content (AvgIpc) is 2.31.